The fraction of sp³-hybridized carbons (Fsp3) is 0.333. The molecule has 1 rings (SSSR count). The Balaban J connectivity index is 2.41. The van der Waals surface area contributed by atoms with Crippen molar-refractivity contribution >= 4 is 39.2 Å². The molecule has 0 saturated carbocycles. The number of ether oxygens (including phenoxy) is 1. The molecule has 1 aromatic carbocycles. The molecule has 0 fully saturated rings. The molecule has 2 N–H and O–H groups in total. The van der Waals surface area contributed by atoms with Crippen LogP contribution in [-0.4, -0.2) is 31.3 Å². The van der Waals surface area contributed by atoms with Gasteiger partial charge in [0, 0.05) is 24.7 Å². The first-order valence-electron chi connectivity index (χ1n) is 5.48. The number of benzene rings is 1. The Kier molecular flexibility index (Phi) is 6.85. The van der Waals surface area contributed by atoms with Crippen LogP contribution in [0.2, 0.25) is 0 Å². The third kappa shape index (κ3) is 5.12. The van der Waals surface area contributed by atoms with Crippen molar-refractivity contribution in [2.45, 2.75) is 6.42 Å². The lowest BCUT2D eigenvalue weighted by molar-refractivity contribution is 0.0976. The summed E-state index contributed by atoms with van der Waals surface area (Å²) in [6, 6.07) is 7.19. The van der Waals surface area contributed by atoms with E-state index in [-0.39, 0.29) is 5.91 Å². The second-order valence-corrected chi connectivity index (χ2v) is 4.80. The molecule has 98 valence electrons. The molecule has 6 heteroatoms. The topological polar surface area (TPSA) is 50.4 Å². The lowest BCUT2D eigenvalue weighted by Gasteiger charge is -2.09. The number of rotatable bonds is 5. The molecule has 0 radical (unpaired) electrons. The minimum Gasteiger partial charge on any atom is -0.385 e. The number of hydrogen-bond donors (Lipinski definition) is 2. The fourth-order valence-corrected chi connectivity index (χ4v) is 1.94. The molecule has 0 bridgehead atoms. The van der Waals surface area contributed by atoms with Crippen LogP contribution in [0, 0.1) is 0 Å². The van der Waals surface area contributed by atoms with Gasteiger partial charge in [-0.1, -0.05) is 12.1 Å². The summed E-state index contributed by atoms with van der Waals surface area (Å²) in [6.07, 6.45) is 0.835. The summed E-state index contributed by atoms with van der Waals surface area (Å²) in [6.45, 7) is 1.33. The van der Waals surface area contributed by atoms with Crippen molar-refractivity contribution in [2.75, 3.05) is 20.3 Å². The summed E-state index contributed by atoms with van der Waals surface area (Å²) in [4.78, 5) is 11.9. The van der Waals surface area contributed by atoms with Gasteiger partial charge >= 0.3 is 0 Å². The lowest BCUT2D eigenvalue weighted by Crippen LogP contribution is -2.39. The highest BCUT2D eigenvalue weighted by molar-refractivity contribution is 9.10. The highest BCUT2D eigenvalue weighted by Gasteiger charge is 2.10. The first kappa shape index (κ1) is 15.1. The van der Waals surface area contributed by atoms with E-state index in [1.807, 2.05) is 12.1 Å². The molecule has 0 aliphatic heterocycles. The van der Waals surface area contributed by atoms with E-state index in [2.05, 4.69) is 26.6 Å². The largest absolute Gasteiger partial charge is 0.385 e. The molecule has 18 heavy (non-hydrogen) atoms. The second kappa shape index (κ2) is 8.18. The van der Waals surface area contributed by atoms with Gasteiger partial charge in [-0.25, -0.2) is 0 Å². The summed E-state index contributed by atoms with van der Waals surface area (Å²) in [7, 11) is 1.65. The molecule has 0 aliphatic rings. The maximum absolute atomic E-state index is 11.9. The Morgan fingerprint density at radius 2 is 2.17 bits per heavy atom. The van der Waals surface area contributed by atoms with E-state index in [4.69, 9.17) is 17.0 Å². The molecular weight excluding hydrogens is 316 g/mol. The SMILES string of the molecule is COCCCNC(=S)NC(=O)c1ccccc1Br. The highest BCUT2D eigenvalue weighted by atomic mass is 79.9. The minimum atomic E-state index is -0.230. The molecule has 4 nitrogen and oxygen atoms in total. The normalized spacial score (nSPS) is 9.89. The molecule has 0 aliphatic carbocycles. The monoisotopic (exact) mass is 330 g/mol. The summed E-state index contributed by atoms with van der Waals surface area (Å²) < 4.78 is 5.65. The molecule has 1 amide bonds. The summed E-state index contributed by atoms with van der Waals surface area (Å²) in [5.41, 5.74) is 0.554. The number of carbonyl (C=O) groups excluding carboxylic acids is 1. The van der Waals surface area contributed by atoms with Crippen molar-refractivity contribution in [1.82, 2.24) is 10.6 Å². The number of carbonyl (C=O) groups is 1. The molecule has 1 aromatic rings. The first-order chi connectivity index (χ1) is 8.65. The fourth-order valence-electron chi connectivity index (χ4n) is 1.28. The van der Waals surface area contributed by atoms with E-state index >= 15 is 0 Å². The van der Waals surface area contributed by atoms with Crippen LogP contribution in [0.4, 0.5) is 0 Å². The van der Waals surface area contributed by atoms with Crippen LogP contribution in [0.15, 0.2) is 28.7 Å². The van der Waals surface area contributed by atoms with Gasteiger partial charge in [-0.15, -0.1) is 0 Å². The summed E-state index contributed by atoms with van der Waals surface area (Å²) in [5, 5.41) is 5.89. The number of halogens is 1. The number of amides is 1. The van der Waals surface area contributed by atoms with E-state index in [0.29, 0.717) is 23.8 Å². The number of methoxy groups -OCH3 is 1. The maximum Gasteiger partial charge on any atom is 0.258 e. The molecular formula is C12H15BrN2O2S. The van der Waals surface area contributed by atoms with Crippen LogP contribution in [0.3, 0.4) is 0 Å². The van der Waals surface area contributed by atoms with Crippen LogP contribution in [0.1, 0.15) is 16.8 Å². The van der Waals surface area contributed by atoms with Gasteiger partial charge in [0.15, 0.2) is 5.11 Å². The minimum absolute atomic E-state index is 0.230. The van der Waals surface area contributed by atoms with Crippen molar-refractivity contribution in [3.63, 3.8) is 0 Å². The predicted octanol–water partition coefficient (Wildman–Crippen LogP) is 2.09. The van der Waals surface area contributed by atoms with E-state index in [1.165, 1.54) is 0 Å². The standard InChI is InChI=1S/C12H15BrN2O2S/c1-17-8-4-7-14-12(18)15-11(16)9-5-2-3-6-10(9)13/h2-3,5-6H,4,7-8H2,1H3,(H2,14,15,16,18). The smallest absolute Gasteiger partial charge is 0.258 e. The van der Waals surface area contributed by atoms with Crippen LogP contribution in [0.25, 0.3) is 0 Å². The zero-order chi connectivity index (χ0) is 13.4. The Hall–Kier alpha value is -0.980. The van der Waals surface area contributed by atoms with Crippen molar-refractivity contribution in [3.8, 4) is 0 Å². The molecule has 0 atom stereocenters. The van der Waals surface area contributed by atoms with Gasteiger partial charge < -0.3 is 10.1 Å². The van der Waals surface area contributed by atoms with E-state index in [1.54, 1.807) is 19.2 Å². The zero-order valence-electron chi connectivity index (χ0n) is 10.0. The van der Waals surface area contributed by atoms with Gasteiger partial charge in [-0.05, 0) is 46.7 Å². The Morgan fingerprint density at radius 3 is 2.83 bits per heavy atom. The quantitative estimate of drug-likeness (QED) is 0.641. The van der Waals surface area contributed by atoms with Crippen LogP contribution in [-0.2, 0) is 4.74 Å². The van der Waals surface area contributed by atoms with E-state index < -0.39 is 0 Å². The van der Waals surface area contributed by atoms with E-state index in [9.17, 15) is 4.79 Å². The van der Waals surface area contributed by atoms with Crippen LogP contribution >= 0.6 is 28.1 Å². The molecule has 0 heterocycles. The molecule has 0 unspecified atom stereocenters. The number of thiocarbonyl (C=S) groups is 1. The van der Waals surface area contributed by atoms with Crippen molar-refractivity contribution < 1.29 is 9.53 Å². The van der Waals surface area contributed by atoms with Gasteiger partial charge in [0.05, 0.1) is 5.56 Å². The second-order valence-electron chi connectivity index (χ2n) is 3.54. The third-order valence-corrected chi connectivity index (χ3v) is 3.09. The van der Waals surface area contributed by atoms with Gasteiger partial charge in [-0.2, -0.15) is 0 Å². The van der Waals surface area contributed by atoms with Gasteiger partial charge in [0.2, 0.25) is 0 Å². The molecule has 0 aromatic heterocycles. The Bertz CT molecular complexity index is 426. The lowest BCUT2D eigenvalue weighted by atomic mass is 10.2. The average molecular weight is 331 g/mol. The summed E-state index contributed by atoms with van der Waals surface area (Å²) in [5.74, 6) is -0.230. The number of hydrogen-bond acceptors (Lipinski definition) is 3. The Morgan fingerprint density at radius 1 is 1.44 bits per heavy atom. The van der Waals surface area contributed by atoms with E-state index in [0.717, 1.165) is 10.9 Å². The van der Waals surface area contributed by atoms with Gasteiger partial charge in [0.25, 0.3) is 5.91 Å². The average Bonchev–Trinajstić information content (AvgIpc) is 2.35. The number of nitrogens with one attached hydrogen (secondary N) is 2. The third-order valence-electron chi connectivity index (χ3n) is 2.16. The molecule has 0 saturated heterocycles. The van der Waals surface area contributed by atoms with Gasteiger partial charge in [0.1, 0.15) is 0 Å². The van der Waals surface area contributed by atoms with Gasteiger partial charge in [-0.3, -0.25) is 10.1 Å². The highest BCUT2D eigenvalue weighted by Crippen LogP contribution is 2.15. The van der Waals surface area contributed by atoms with Crippen molar-refractivity contribution in [1.29, 1.82) is 0 Å². The van der Waals surface area contributed by atoms with Crippen LogP contribution < -0.4 is 10.6 Å². The maximum atomic E-state index is 11.9. The van der Waals surface area contributed by atoms with Crippen molar-refractivity contribution in [2.24, 2.45) is 0 Å². The van der Waals surface area contributed by atoms with Crippen LogP contribution in [0.5, 0.6) is 0 Å². The Labute approximate surface area is 120 Å². The summed E-state index contributed by atoms with van der Waals surface area (Å²) >= 11 is 8.34. The zero-order valence-corrected chi connectivity index (χ0v) is 12.4. The predicted molar refractivity (Wildman–Crippen MR) is 78.7 cm³/mol. The first-order valence-corrected chi connectivity index (χ1v) is 6.68. The van der Waals surface area contributed by atoms with Crippen molar-refractivity contribution in [3.05, 3.63) is 34.3 Å². The molecule has 0 spiro atoms.